The fraction of sp³-hybridized carbons (Fsp3) is 0.0833. The van der Waals surface area contributed by atoms with Gasteiger partial charge in [0, 0.05) is 0 Å². The van der Waals surface area contributed by atoms with Gasteiger partial charge in [-0.15, -0.1) is 0 Å². The molecule has 0 amide bonds. The molecule has 0 atom stereocenters. The van der Waals surface area contributed by atoms with Crippen LogP contribution in [-0.4, -0.2) is 9.97 Å². The first-order valence-electron chi connectivity index (χ1n) is 4.85. The molecule has 0 fully saturated rings. The van der Waals surface area contributed by atoms with E-state index in [1.54, 1.807) is 0 Å². The van der Waals surface area contributed by atoms with Crippen LogP contribution in [0.5, 0.6) is 11.6 Å². The van der Waals surface area contributed by atoms with Gasteiger partial charge in [-0.3, -0.25) is 0 Å². The highest BCUT2D eigenvalue weighted by atomic mass is 127. The van der Waals surface area contributed by atoms with Crippen LogP contribution < -0.4 is 4.74 Å². The molecule has 0 radical (unpaired) electrons. The molecule has 0 bridgehead atoms. The van der Waals surface area contributed by atoms with E-state index in [1.165, 1.54) is 12.4 Å². The molecule has 2 aromatic rings. The van der Waals surface area contributed by atoms with Crippen molar-refractivity contribution in [2.75, 3.05) is 0 Å². The van der Waals surface area contributed by atoms with Crippen LogP contribution in [0.15, 0.2) is 30.6 Å². The van der Waals surface area contributed by atoms with Crippen LogP contribution in [0, 0.1) is 21.8 Å². The summed E-state index contributed by atoms with van der Waals surface area (Å²) in [7, 11) is 0. The third-order valence-electron chi connectivity index (χ3n) is 2.04. The Hall–Kier alpha value is -1.68. The highest BCUT2D eigenvalue weighted by Gasteiger charge is 2.04. The van der Waals surface area contributed by atoms with Gasteiger partial charge in [0.05, 0.1) is 16.0 Å². The normalized spacial score (nSPS) is 9.71. The van der Waals surface area contributed by atoms with Gasteiger partial charge in [0.2, 0.25) is 5.88 Å². The Morgan fingerprint density at radius 2 is 2.12 bits per heavy atom. The van der Waals surface area contributed by atoms with E-state index in [9.17, 15) is 0 Å². The monoisotopic (exact) mass is 337 g/mol. The van der Waals surface area contributed by atoms with Crippen molar-refractivity contribution in [1.29, 1.82) is 5.26 Å². The maximum atomic E-state index is 8.60. The van der Waals surface area contributed by atoms with Crippen LogP contribution in [0.2, 0.25) is 0 Å². The van der Waals surface area contributed by atoms with Crippen LogP contribution in [0.4, 0.5) is 0 Å². The molecule has 0 spiro atoms. The Labute approximate surface area is 112 Å². The van der Waals surface area contributed by atoms with Gasteiger partial charge in [0.25, 0.3) is 0 Å². The van der Waals surface area contributed by atoms with Gasteiger partial charge in [-0.2, -0.15) is 5.26 Å². The largest absolute Gasteiger partial charge is 0.436 e. The SMILES string of the molecule is Cc1ccc(I)c(Oc2cnc(C#N)cn2)c1. The maximum absolute atomic E-state index is 8.60. The zero-order valence-corrected chi connectivity index (χ0v) is 11.2. The Balaban J connectivity index is 2.25. The second-order valence-corrected chi connectivity index (χ2v) is 4.55. The quantitative estimate of drug-likeness (QED) is 0.791. The molecular formula is C12H8IN3O. The second kappa shape index (κ2) is 5.10. The summed E-state index contributed by atoms with van der Waals surface area (Å²) in [6.07, 6.45) is 2.83. The van der Waals surface area contributed by atoms with Gasteiger partial charge in [-0.1, -0.05) is 6.07 Å². The van der Waals surface area contributed by atoms with Crippen molar-refractivity contribution in [2.45, 2.75) is 6.92 Å². The van der Waals surface area contributed by atoms with E-state index in [0.717, 1.165) is 14.9 Å². The summed E-state index contributed by atoms with van der Waals surface area (Å²) in [4.78, 5) is 7.90. The molecule has 4 nitrogen and oxygen atoms in total. The lowest BCUT2D eigenvalue weighted by Crippen LogP contribution is -1.93. The number of ether oxygens (including phenoxy) is 1. The van der Waals surface area contributed by atoms with E-state index in [-0.39, 0.29) is 5.69 Å². The topological polar surface area (TPSA) is 58.8 Å². The number of hydrogen-bond acceptors (Lipinski definition) is 4. The van der Waals surface area contributed by atoms with Gasteiger partial charge >= 0.3 is 0 Å². The molecule has 1 aromatic heterocycles. The van der Waals surface area contributed by atoms with Crippen molar-refractivity contribution in [3.05, 3.63) is 45.4 Å². The number of aryl methyl sites for hydroxylation is 1. The summed E-state index contributed by atoms with van der Waals surface area (Å²) in [5, 5.41) is 8.60. The minimum absolute atomic E-state index is 0.274. The molecule has 1 heterocycles. The molecule has 0 saturated heterocycles. The number of halogens is 1. The van der Waals surface area contributed by atoms with E-state index < -0.39 is 0 Å². The van der Waals surface area contributed by atoms with Crippen LogP contribution in [0.25, 0.3) is 0 Å². The average Bonchev–Trinajstić information content (AvgIpc) is 2.35. The fourth-order valence-electron chi connectivity index (χ4n) is 1.23. The molecule has 2 rings (SSSR count). The van der Waals surface area contributed by atoms with Gasteiger partial charge in [-0.25, -0.2) is 9.97 Å². The molecule has 1 aromatic carbocycles. The van der Waals surface area contributed by atoms with Gasteiger partial charge in [0.15, 0.2) is 5.69 Å². The second-order valence-electron chi connectivity index (χ2n) is 3.39. The molecule has 0 aliphatic heterocycles. The standard InChI is InChI=1S/C12H8IN3O/c1-8-2-3-10(13)11(4-8)17-12-7-15-9(5-14)6-16-12/h2-4,6-7H,1H3. The first kappa shape index (κ1) is 11.8. The van der Waals surface area contributed by atoms with Crippen molar-refractivity contribution in [3.8, 4) is 17.7 Å². The molecule has 0 aliphatic rings. The maximum Gasteiger partial charge on any atom is 0.237 e. The minimum Gasteiger partial charge on any atom is -0.436 e. The lowest BCUT2D eigenvalue weighted by atomic mass is 10.2. The summed E-state index contributed by atoms with van der Waals surface area (Å²) in [6.45, 7) is 1.99. The lowest BCUT2D eigenvalue weighted by Gasteiger charge is -2.07. The predicted molar refractivity (Wildman–Crippen MR) is 70.7 cm³/mol. The van der Waals surface area contributed by atoms with E-state index in [2.05, 4.69) is 32.6 Å². The summed E-state index contributed by atoms with van der Waals surface area (Å²) in [6, 6.07) is 7.83. The number of benzene rings is 1. The first-order chi connectivity index (χ1) is 8.19. The number of nitrogens with zero attached hydrogens (tertiary/aromatic N) is 3. The van der Waals surface area contributed by atoms with Crippen LogP contribution in [0.3, 0.4) is 0 Å². The zero-order valence-electron chi connectivity index (χ0n) is 9.01. The molecule has 84 valence electrons. The van der Waals surface area contributed by atoms with Crippen LogP contribution in [-0.2, 0) is 0 Å². The fourth-order valence-corrected chi connectivity index (χ4v) is 1.67. The third-order valence-corrected chi connectivity index (χ3v) is 2.94. The van der Waals surface area contributed by atoms with Gasteiger partial charge in [-0.05, 0) is 47.2 Å². The summed E-state index contributed by atoms with van der Waals surface area (Å²) in [5.74, 6) is 1.12. The van der Waals surface area contributed by atoms with E-state index in [0.29, 0.717) is 5.88 Å². The molecule has 0 aliphatic carbocycles. The van der Waals surface area contributed by atoms with Crippen molar-refractivity contribution < 1.29 is 4.74 Å². The summed E-state index contributed by atoms with van der Waals surface area (Å²) >= 11 is 2.19. The molecule has 17 heavy (non-hydrogen) atoms. The third kappa shape index (κ3) is 2.91. The number of rotatable bonds is 2. The smallest absolute Gasteiger partial charge is 0.237 e. The molecule has 0 unspecified atom stereocenters. The highest BCUT2D eigenvalue weighted by molar-refractivity contribution is 14.1. The van der Waals surface area contributed by atoms with E-state index in [1.807, 2.05) is 31.2 Å². The van der Waals surface area contributed by atoms with E-state index in [4.69, 9.17) is 10.00 Å². The minimum atomic E-state index is 0.274. The zero-order chi connectivity index (χ0) is 12.3. The van der Waals surface area contributed by atoms with Crippen molar-refractivity contribution in [1.82, 2.24) is 9.97 Å². The number of aromatic nitrogens is 2. The highest BCUT2D eigenvalue weighted by Crippen LogP contribution is 2.26. The molecule has 0 saturated carbocycles. The van der Waals surface area contributed by atoms with Crippen LogP contribution in [0.1, 0.15) is 11.3 Å². The Bertz CT molecular complexity index is 575. The molecule has 0 N–H and O–H groups in total. The molecular weight excluding hydrogens is 329 g/mol. The van der Waals surface area contributed by atoms with Gasteiger partial charge < -0.3 is 4.74 Å². The van der Waals surface area contributed by atoms with Crippen molar-refractivity contribution >= 4 is 22.6 Å². The van der Waals surface area contributed by atoms with E-state index >= 15 is 0 Å². The van der Waals surface area contributed by atoms with Crippen molar-refractivity contribution in [3.63, 3.8) is 0 Å². The predicted octanol–water partition coefficient (Wildman–Crippen LogP) is 3.05. The van der Waals surface area contributed by atoms with Crippen molar-refractivity contribution in [2.24, 2.45) is 0 Å². The number of hydrogen-bond donors (Lipinski definition) is 0. The number of nitriles is 1. The first-order valence-corrected chi connectivity index (χ1v) is 5.93. The van der Waals surface area contributed by atoms with Gasteiger partial charge in [0.1, 0.15) is 11.8 Å². The summed E-state index contributed by atoms with van der Waals surface area (Å²) < 4.78 is 6.60. The Morgan fingerprint density at radius 1 is 1.29 bits per heavy atom. The Morgan fingerprint density at radius 3 is 2.76 bits per heavy atom. The average molecular weight is 337 g/mol. The lowest BCUT2D eigenvalue weighted by molar-refractivity contribution is 0.456. The summed E-state index contributed by atoms with van der Waals surface area (Å²) in [5.41, 5.74) is 1.39. The molecule has 5 heteroatoms. The van der Waals surface area contributed by atoms with Crippen LogP contribution >= 0.6 is 22.6 Å². The Kier molecular flexibility index (Phi) is 3.54.